The number of nitrogens with two attached hydrogens (primary N) is 1. The molecular formula is C16H18BrN3O. The smallest absolute Gasteiger partial charge is 0.255 e. The van der Waals surface area contributed by atoms with E-state index in [1.807, 2.05) is 38.4 Å². The van der Waals surface area contributed by atoms with Gasteiger partial charge in [0.05, 0.1) is 0 Å². The number of carbonyl (C=O) groups is 1. The zero-order valence-electron chi connectivity index (χ0n) is 12.1. The number of benzene rings is 2. The topological polar surface area (TPSA) is 58.4 Å². The predicted octanol–water partition coefficient (Wildman–Crippen LogP) is 3.35. The van der Waals surface area contributed by atoms with Gasteiger partial charge in [-0.25, -0.2) is 0 Å². The van der Waals surface area contributed by atoms with Crippen LogP contribution in [0.3, 0.4) is 0 Å². The summed E-state index contributed by atoms with van der Waals surface area (Å²) >= 11 is 3.33. The summed E-state index contributed by atoms with van der Waals surface area (Å²) in [6.07, 6.45) is 0. The van der Waals surface area contributed by atoms with Crippen LogP contribution < -0.4 is 11.1 Å². The molecule has 2 aromatic rings. The number of hydrogen-bond acceptors (Lipinski definition) is 3. The lowest BCUT2D eigenvalue weighted by Gasteiger charge is -2.11. The highest BCUT2D eigenvalue weighted by molar-refractivity contribution is 9.10. The van der Waals surface area contributed by atoms with Gasteiger partial charge in [-0.1, -0.05) is 12.1 Å². The molecule has 0 atom stereocenters. The van der Waals surface area contributed by atoms with Crippen molar-refractivity contribution in [1.82, 2.24) is 4.90 Å². The Bertz CT molecular complexity index is 656. The van der Waals surface area contributed by atoms with Gasteiger partial charge in [-0.2, -0.15) is 0 Å². The van der Waals surface area contributed by atoms with Crippen LogP contribution in [0, 0.1) is 0 Å². The average molecular weight is 348 g/mol. The first-order valence-electron chi connectivity index (χ1n) is 6.56. The second kappa shape index (κ2) is 6.74. The van der Waals surface area contributed by atoms with Crippen molar-refractivity contribution in [1.29, 1.82) is 0 Å². The Morgan fingerprint density at radius 1 is 1.24 bits per heavy atom. The molecule has 0 aliphatic carbocycles. The third-order valence-electron chi connectivity index (χ3n) is 2.95. The van der Waals surface area contributed by atoms with Gasteiger partial charge in [0.1, 0.15) is 0 Å². The molecule has 0 spiro atoms. The summed E-state index contributed by atoms with van der Waals surface area (Å²) in [7, 11) is 4.02. The van der Waals surface area contributed by atoms with Crippen LogP contribution in [0.5, 0.6) is 0 Å². The molecule has 0 unspecified atom stereocenters. The van der Waals surface area contributed by atoms with Crippen LogP contribution in [0.1, 0.15) is 15.9 Å². The molecule has 5 heteroatoms. The molecule has 110 valence electrons. The van der Waals surface area contributed by atoms with E-state index in [4.69, 9.17) is 5.73 Å². The molecule has 0 aliphatic heterocycles. The molecule has 0 heterocycles. The van der Waals surface area contributed by atoms with Crippen molar-refractivity contribution in [3.05, 3.63) is 58.1 Å². The number of rotatable bonds is 4. The maximum atomic E-state index is 12.2. The van der Waals surface area contributed by atoms with Crippen molar-refractivity contribution in [2.75, 3.05) is 25.1 Å². The van der Waals surface area contributed by atoms with Gasteiger partial charge in [0.25, 0.3) is 5.91 Å². The highest BCUT2D eigenvalue weighted by Gasteiger charge is 2.08. The molecule has 0 bridgehead atoms. The molecule has 2 aromatic carbocycles. The van der Waals surface area contributed by atoms with Crippen molar-refractivity contribution >= 4 is 33.2 Å². The number of hydrogen-bond donors (Lipinski definition) is 2. The largest absolute Gasteiger partial charge is 0.398 e. The van der Waals surface area contributed by atoms with E-state index < -0.39 is 0 Å². The molecule has 0 saturated carbocycles. The highest BCUT2D eigenvalue weighted by Crippen LogP contribution is 2.21. The Labute approximate surface area is 133 Å². The van der Waals surface area contributed by atoms with Gasteiger partial charge in [0.15, 0.2) is 0 Å². The average Bonchev–Trinajstić information content (AvgIpc) is 2.41. The minimum atomic E-state index is -0.155. The predicted molar refractivity (Wildman–Crippen MR) is 90.3 cm³/mol. The molecule has 1 amide bonds. The maximum Gasteiger partial charge on any atom is 0.255 e. The number of nitrogens with one attached hydrogen (secondary N) is 1. The zero-order valence-corrected chi connectivity index (χ0v) is 13.6. The van der Waals surface area contributed by atoms with Gasteiger partial charge in [-0.05, 0) is 65.9 Å². The second-order valence-corrected chi connectivity index (χ2v) is 5.98. The number of halogens is 1. The summed E-state index contributed by atoms with van der Waals surface area (Å²) in [5.41, 5.74) is 8.83. The number of amides is 1. The monoisotopic (exact) mass is 347 g/mol. The summed E-state index contributed by atoms with van der Waals surface area (Å²) in [6, 6.07) is 13.0. The zero-order chi connectivity index (χ0) is 15.4. The first kappa shape index (κ1) is 15.5. The third-order valence-corrected chi connectivity index (χ3v) is 3.63. The van der Waals surface area contributed by atoms with Gasteiger partial charge in [-0.3, -0.25) is 4.79 Å². The molecular weight excluding hydrogens is 330 g/mol. The van der Waals surface area contributed by atoms with Crippen LogP contribution in [0.25, 0.3) is 0 Å². The fourth-order valence-corrected chi connectivity index (χ4v) is 2.36. The lowest BCUT2D eigenvalue weighted by atomic mass is 10.1. The Kier molecular flexibility index (Phi) is 4.98. The molecule has 0 radical (unpaired) electrons. The van der Waals surface area contributed by atoms with Crippen molar-refractivity contribution in [3.8, 4) is 0 Å². The third kappa shape index (κ3) is 4.31. The van der Waals surface area contributed by atoms with Crippen molar-refractivity contribution in [2.45, 2.75) is 6.54 Å². The van der Waals surface area contributed by atoms with Crippen LogP contribution in [0.4, 0.5) is 11.4 Å². The summed E-state index contributed by atoms with van der Waals surface area (Å²) in [5, 5.41) is 2.90. The SMILES string of the molecule is CN(C)Cc1cccc(NC(=O)c2ccc(N)c(Br)c2)c1. The van der Waals surface area contributed by atoms with Crippen LogP contribution in [0.2, 0.25) is 0 Å². The van der Waals surface area contributed by atoms with E-state index >= 15 is 0 Å². The van der Waals surface area contributed by atoms with Crippen molar-refractivity contribution in [3.63, 3.8) is 0 Å². The van der Waals surface area contributed by atoms with Gasteiger partial charge in [0, 0.05) is 28.0 Å². The van der Waals surface area contributed by atoms with E-state index in [1.54, 1.807) is 18.2 Å². The van der Waals surface area contributed by atoms with Crippen LogP contribution in [0.15, 0.2) is 46.9 Å². The normalized spacial score (nSPS) is 10.7. The van der Waals surface area contributed by atoms with Crippen LogP contribution >= 0.6 is 15.9 Å². The fraction of sp³-hybridized carbons (Fsp3) is 0.188. The molecule has 3 N–H and O–H groups in total. The maximum absolute atomic E-state index is 12.2. The van der Waals surface area contributed by atoms with E-state index in [9.17, 15) is 4.79 Å². The van der Waals surface area contributed by atoms with Gasteiger partial charge in [0.2, 0.25) is 0 Å². The lowest BCUT2D eigenvalue weighted by Crippen LogP contribution is -2.13. The minimum absolute atomic E-state index is 0.155. The first-order valence-corrected chi connectivity index (χ1v) is 7.35. The van der Waals surface area contributed by atoms with Crippen LogP contribution in [-0.2, 0) is 6.54 Å². The summed E-state index contributed by atoms with van der Waals surface area (Å²) in [6.45, 7) is 0.830. The number of anilines is 2. The molecule has 0 fully saturated rings. The first-order chi connectivity index (χ1) is 9.95. The Morgan fingerprint density at radius 2 is 2.00 bits per heavy atom. The molecule has 4 nitrogen and oxygen atoms in total. The summed E-state index contributed by atoms with van der Waals surface area (Å²) in [4.78, 5) is 14.3. The van der Waals surface area contributed by atoms with E-state index in [2.05, 4.69) is 26.1 Å². The summed E-state index contributed by atoms with van der Waals surface area (Å²) in [5.74, 6) is -0.155. The molecule has 2 rings (SSSR count). The Balaban J connectivity index is 2.13. The Hall–Kier alpha value is -1.85. The minimum Gasteiger partial charge on any atom is -0.398 e. The summed E-state index contributed by atoms with van der Waals surface area (Å²) < 4.78 is 0.719. The van der Waals surface area contributed by atoms with E-state index in [0.717, 1.165) is 22.3 Å². The van der Waals surface area contributed by atoms with Crippen LogP contribution in [-0.4, -0.2) is 24.9 Å². The van der Waals surface area contributed by atoms with E-state index in [1.165, 1.54) is 0 Å². The molecule has 21 heavy (non-hydrogen) atoms. The van der Waals surface area contributed by atoms with E-state index in [-0.39, 0.29) is 5.91 Å². The quantitative estimate of drug-likeness (QED) is 0.833. The van der Waals surface area contributed by atoms with Crippen molar-refractivity contribution < 1.29 is 4.79 Å². The highest BCUT2D eigenvalue weighted by atomic mass is 79.9. The van der Waals surface area contributed by atoms with Gasteiger partial charge < -0.3 is 16.0 Å². The second-order valence-electron chi connectivity index (χ2n) is 5.13. The number of nitrogen functional groups attached to an aromatic ring is 1. The van der Waals surface area contributed by atoms with Crippen molar-refractivity contribution in [2.24, 2.45) is 0 Å². The Morgan fingerprint density at radius 3 is 2.67 bits per heavy atom. The molecule has 0 aromatic heterocycles. The van der Waals surface area contributed by atoms with Gasteiger partial charge >= 0.3 is 0 Å². The standard InChI is InChI=1S/C16H18BrN3O/c1-20(2)10-11-4-3-5-13(8-11)19-16(21)12-6-7-15(18)14(17)9-12/h3-9H,10,18H2,1-2H3,(H,19,21). The number of carbonyl (C=O) groups excluding carboxylic acids is 1. The van der Waals surface area contributed by atoms with E-state index in [0.29, 0.717) is 11.3 Å². The molecule has 0 saturated heterocycles. The van der Waals surface area contributed by atoms with Gasteiger partial charge in [-0.15, -0.1) is 0 Å². The number of nitrogens with zero attached hydrogens (tertiary/aromatic N) is 1. The molecule has 0 aliphatic rings. The lowest BCUT2D eigenvalue weighted by molar-refractivity contribution is 0.102. The fourth-order valence-electron chi connectivity index (χ4n) is 1.98.